The Kier molecular flexibility index (Phi) is 9.01. The lowest BCUT2D eigenvalue weighted by atomic mass is 9.80. The third-order valence-corrected chi connectivity index (χ3v) is 10.2. The summed E-state index contributed by atoms with van der Waals surface area (Å²) >= 11 is 6.44. The molecule has 2 saturated carbocycles. The van der Waals surface area contributed by atoms with E-state index in [4.69, 9.17) is 16.3 Å². The average Bonchev–Trinajstić information content (AvgIpc) is 3.66. The number of ether oxygens (including phenoxy) is 1. The van der Waals surface area contributed by atoms with Crippen molar-refractivity contribution in [2.24, 2.45) is 7.05 Å². The largest absolute Gasteiger partial charge is 0.489 e. The average molecular weight is 616 g/mol. The van der Waals surface area contributed by atoms with Crippen molar-refractivity contribution in [1.29, 1.82) is 0 Å². The minimum atomic E-state index is -3.64. The van der Waals surface area contributed by atoms with Crippen LogP contribution in [0.3, 0.4) is 0 Å². The van der Waals surface area contributed by atoms with Crippen LogP contribution < -0.4 is 20.7 Å². The van der Waals surface area contributed by atoms with Crippen molar-refractivity contribution in [3.8, 4) is 5.75 Å². The molecule has 2 fully saturated rings. The first-order valence-electron chi connectivity index (χ1n) is 14.8. The van der Waals surface area contributed by atoms with Crippen LogP contribution in [0.25, 0.3) is 0 Å². The molecule has 0 spiro atoms. The monoisotopic (exact) mass is 615 g/mol. The van der Waals surface area contributed by atoms with Crippen molar-refractivity contribution in [3.63, 3.8) is 0 Å². The van der Waals surface area contributed by atoms with Crippen molar-refractivity contribution >= 4 is 44.6 Å². The molecule has 42 heavy (non-hydrogen) atoms. The fourth-order valence-corrected chi connectivity index (χ4v) is 6.74. The number of aryl methyl sites for hydroxylation is 2. The number of benzene rings is 1. The summed E-state index contributed by atoms with van der Waals surface area (Å²) in [6.07, 6.45) is 10.4. The second-order valence-corrected chi connectivity index (χ2v) is 14.9. The Labute approximate surface area is 253 Å². The van der Waals surface area contributed by atoms with Crippen LogP contribution in [0.5, 0.6) is 5.75 Å². The molecule has 12 heteroatoms. The van der Waals surface area contributed by atoms with E-state index in [1.807, 2.05) is 13.8 Å². The maximum absolute atomic E-state index is 12.9. The molecule has 0 amide bonds. The lowest BCUT2D eigenvalue weighted by Crippen LogP contribution is -2.34. The Balaban J connectivity index is 1.38. The normalized spacial score (nSPS) is 19.4. The SMILES string of the molecule is Cc1cc(Nc2ncc(Cl)c(Nc3cn(C)nc3S(=O)(=O)C(C)C)n2)c(OC(C)C)cc1[C@H]1CC[C@H](NC2CC2)CC1. The highest BCUT2D eigenvalue weighted by atomic mass is 35.5. The van der Waals surface area contributed by atoms with Crippen LogP contribution in [0.2, 0.25) is 5.02 Å². The highest BCUT2D eigenvalue weighted by Gasteiger charge is 2.30. The van der Waals surface area contributed by atoms with Gasteiger partial charge in [0.25, 0.3) is 0 Å². The van der Waals surface area contributed by atoms with Gasteiger partial charge < -0.3 is 20.7 Å². The van der Waals surface area contributed by atoms with Crippen LogP contribution >= 0.6 is 11.6 Å². The minimum absolute atomic E-state index is 0.0187. The molecule has 2 heterocycles. The van der Waals surface area contributed by atoms with Gasteiger partial charge in [0.2, 0.25) is 20.8 Å². The number of anilines is 4. The molecular weight excluding hydrogens is 574 g/mol. The number of hydrogen-bond acceptors (Lipinski definition) is 9. The number of hydrogen-bond donors (Lipinski definition) is 3. The van der Waals surface area contributed by atoms with E-state index in [0.717, 1.165) is 30.3 Å². The van der Waals surface area contributed by atoms with Crippen LogP contribution in [0.4, 0.5) is 23.1 Å². The van der Waals surface area contributed by atoms with E-state index in [9.17, 15) is 8.42 Å². The number of aromatic nitrogens is 4. The zero-order valence-electron chi connectivity index (χ0n) is 25.2. The van der Waals surface area contributed by atoms with E-state index in [2.05, 4.69) is 50.1 Å². The van der Waals surface area contributed by atoms with Crippen LogP contribution in [-0.2, 0) is 16.9 Å². The van der Waals surface area contributed by atoms with Gasteiger partial charge in [0.1, 0.15) is 10.8 Å². The first kappa shape index (κ1) is 30.6. The van der Waals surface area contributed by atoms with Crippen molar-refractivity contribution in [2.75, 3.05) is 10.6 Å². The molecule has 0 radical (unpaired) electrons. The molecule has 0 bridgehead atoms. The molecule has 0 unspecified atom stereocenters. The van der Waals surface area contributed by atoms with Gasteiger partial charge in [-0.1, -0.05) is 11.6 Å². The molecular formula is C30H42ClN7O3S. The quantitative estimate of drug-likeness (QED) is 0.225. The topological polar surface area (TPSA) is 123 Å². The number of sulfone groups is 1. The molecule has 0 aliphatic heterocycles. The van der Waals surface area contributed by atoms with Gasteiger partial charge in [-0.05, 0) is 102 Å². The Morgan fingerprint density at radius 2 is 1.67 bits per heavy atom. The number of rotatable bonds is 11. The predicted octanol–water partition coefficient (Wildman–Crippen LogP) is 6.41. The summed E-state index contributed by atoms with van der Waals surface area (Å²) in [4.78, 5) is 8.96. The zero-order valence-corrected chi connectivity index (χ0v) is 26.8. The third kappa shape index (κ3) is 7.01. The predicted molar refractivity (Wildman–Crippen MR) is 167 cm³/mol. The third-order valence-electron chi connectivity index (χ3n) is 7.88. The number of nitrogens with zero attached hydrogens (tertiary/aromatic N) is 4. The van der Waals surface area contributed by atoms with Crippen molar-refractivity contribution in [1.82, 2.24) is 25.1 Å². The molecule has 0 atom stereocenters. The van der Waals surface area contributed by atoms with Gasteiger partial charge in [-0.15, -0.1) is 0 Å². The Hall–Kier alpha value is -2.89. The Bertz CT molecular complexity index is 1530. The van der Waals surface area contributed by atoms with Crippen molar-refractivity contribution in [3.05, 3.63) is 40.7 Å². The number of halogens is 1. The van der Waals surface area contributed by atoms with Crippen molar-refractivity contribution < 1.29 is 13.2 Å². The molecule has 10 nitrogen and oxygen atoms in total. The maximum atomic E-state index is 12.9. The van der Waals surface area contributed by atoms with E-state index in [0.29, 0.717) is 23.6 Å². The van der Waals surface area contributed by atoms with Gasteiger partial charge in [-0.3, -0.25) is 4.68 Å². The van der Waals surface area contributed by atoms with Gasteiger partial charge >= 0.3 is 0 Å². The molecule has 228 valence electrons. The molecule has 5 rings (SSSR count). The summed E-state index contributed by atoms with van der Waals surface area (Å²) in [6.45, 7) is 9.40. The lowest BCUT2D eigenvalue weighted by molar-refractivity contribution is 0.243. The summed E-state index contributed by atoms with van der Waals surface area (Å²) in [7, 11) is -1.97. The molecule has 0 saturated heterocycles. The standard InChI is InChI=1S/C30H42ClN7O3S/c1-17(2)41-27-14-23(20-7-9-21(10-8-20)33-22-11-12-22)19(5)13-25(27)35-30-32-15-24(31)28(36-30)34-26-16-38(6)37-29(26)42(39,40)18(3)4/h13-18,20-22,33H,7-12H2,1-6H3,(H2,32,34,35,36)/t20-,21-. The molecule has 2 aliphatic rings. The van der Waals surface area contributed by atoms with Gasteiger partial charge in [0.05, 0.1) is 28.9 Å². The van der Waals surface area contributed by atoms with Gasteiger partial charge in [-0.25, -0.2) is 13.4 Å². The molecule has 1 aromatic carbocycles. The van der Waals surface area contributed by atoms with Crippen LogP contribution in [0.1, 0.15) is 83.3 Å². The highest BCUT2D eigenvalue weighted by molar-refractivity contribution is 7.92. The van der Waals surface area contributed by atoms with E-state index in [1.54, 1.807) is 27.1 Å². The lowest BCUT2D eigenvalue weighted by Gasteiger charge is -2.31. The van der Waals surface area contributed by atoms with Crippen LogP contribution in [-0.4, -0.2) is 51.6 Å². The summed E-state index contributed by atoms with van der Waals surface area (Å²) in [5, 5.41) is 13.9. The Morgan fingerprint density at radius 1 is 1.00 bits per heavy atom. The van der Waals surface area contributed by atoms with Gasteiger partial charge in [0, 0.05) is 25.3 Å². The molecule has 3 aromatic rings. The fraction of sp³-hybridized carbons (Fsp3) is 0.567. The summed E-state index contributed by atoms with van der Waals surface area (Å²) in [6, 6.07) is 5.65. The summed E-state index contributed by atoms with van der Waals surface area (Å²) in [5.41, 5.74) is 3.57. The van der Waals surface area contributed by atoms with E-state index in [-0.39, 0.29) is 22.0 Å². The van der Waals surface area contributed by atoms with Crippen molar-refractivity contribution in [2.45, 2.75) is 108 Å². The smallest absolute Gasteiger partial charge is 0.229 e. The highest BCUT2D eigenvalue weighted by Crippen LogP contribution is 2.40. The second-order valence-electron chi connectivity index (χ2n) is 12.1. The van der Waals surface area contributed by atoms with Crippen LogP contribution in [0.15, 0.2) is 29.6 Å². The minimum Gasteiger partial charge on any atom is -0.489 e. The van der Waals surface area contributed by atoms with E-state index < -0.39 is 15.1 Å². The second kappa shape index (κ2) is 12.4. The van der Waals surface area contributed by atoms with Gasteiger partial charge in [0.15, 0.2) is 5.82 Å². The van der Waals surface area contributed by atoms with Gasteiger partial charge in [-0.2, -0.15) is 10.1 Å². The summed E-state index contributed by atoms with van der Waals surface area (Å²) < 4.78 is 33.5. The van der Waals surface area contributed by atoms with E-state index >= 15 is 0 Å². The first-order valence-corrected chi connectivity index (χ1v) is 16.7. The molecule has 2 aliphatic carbocycles. The van der Waals surface area contributed by atoms with E-state index in [1.165, 1.54) is 47.7 Å². The number of nitrogens with one attached hydrogen (secondary N) is 3. The fourth-order valence-electron chi connectivity index (χ4n) is 5.50. The zero-order chi connectivity index (χ0) is 30.2. The van der Waals surface area contributed by atoms with Crippen LogP contribution in [0, 0.1) is 6.92 Å². The summed E-state index contributed by atoms with van der Waals surface area (Å²) in [5.74, 6) is 1.81. The molecule has 3 N–H and O–H groups in total. The first-order chi connectivity index (χ1) is 19.9. The Morgan fingerprint density at radius 3 is 2.29 bits per heavy atom. The maximum Gasteiger partial charge on any atom is 0.229 e. The molecule has 2 aromatic heterocycles.